The largest absolute Gasteiger partial charge is 0.397 e. The SMILES string of the molecule is Nc1cc(Cl)ccc1Nc1cccc(Br)c1. The van der Waals surface area contributed by atoms with Crippen LogP contribution in [0.5, 0.6) is 0 Å². The average Bonchev–Trinajstić information content (AvgIpc) is 2.22. The van der Waals surface area contributed by atoms with Gasteiger partial charge in [0.05, 0.1) is 11.4 Å². The van der Waals surface area contributed by atoms with Gasteiger partial charge in [0.25, 0.3) is 0 Å². The predicted molar refractivity (Wildman–Crippen MR) is 73.3 cm³/mol. The van der Waals surface area contributed by atoms with Crippen molar-refractivity contribution in [3.05, 3.63) is 52.0 Å². The van der Waals surface area contributed by atoms with E-state index in [1.54, 1.807) is 12.1 Å². The summed E-state index contributed by atoms with van der Waals surface area (Å²) in [5.41, 5.74) is 8.31. The monoisotopic (exact) mass is 296 g/mol. The molecule has 2 aromatic carbocycles. The van der Waals surface area contributed by atoms with Crippen LogP contribution in [0.15, 0.2) is 46.9 Å². The Hall–Kier alpha value is -1.19. The van der Waals surface area contributed by atoms with Gasteiger partial charge in [-0.05, 0) is 36.4 Å². The smallest absolute Gasteiger partial charge is 0.0618 e. The molecule has 0 heterocycles. The molecule has 2 rings (SSSR count). The zero-order chi connectivity index (χ0) is 11.5. The zero-order valence-electron chi connectivity index (χ0n) is 8.37. The summed E-state index contributed by atoms with van der Waals surface area (Å²) < 4.78 is 1.02. The summed E-state index contributed by atoms with van der Waals surface area (Å²) in [6.07, 6.45) is 0. The second-order valence-corrected chi connectivity index (χ2v) is 4.72. The highest BCUT2D eigenvalue weighted by atomic mass is 79.9. The van der Waals surface area contributed by atoms with Crippen molar-refractivity contribution in [3.8, 4) is 0 Å². The number of benzene rings is 2. The molecule has 0 spiro atoms. The minimum Gasteiger partial charge on any atom is -0.397 e. The van der Waals surface area contributed by atoms with Crippen LogP contribution in [0.2, 0.25) is 5.02 Å². The standard InChI is InChI=1S/C12H10BrClN2/c13-8-2-1-3-10(6-8)16-12-5-4-9(14)7-11(12)15/h1-7,16H,15H2. The Balaban J connectivity index is 2.27. The molecule has 0 saturated carbocycles. The van der Waals surface area contributed by atoms with Gasteiger partial charge in [-0.15, -0.1) is 0 Å². The summed E-state index contributed by atoms with van der Waals surface area (Å²) in [7, 11) is 0. The van der Waals surface area contributed by atoms with Crippen molar-refractivity contribution in [2.45, 2.75) is 0 Å². The molecule has 0 unspecified atom stereocenters. The van der Waals surface area contributed by atoms with Gasteiger partial charge in [0.15, 0.2) is 0 Å². The van der Waals surface area contributed by atoms with E-state index in [4.69, 9.17) is 17.3 Å². The molecule has 82 valence electrons. The molecule has 0 aliphatic rings. The van der Waals surface area contributed by atoms with Crippen LogP contribution in [0.25, 0.3) is 0 Å². The Labute approximate surface area is 108 Å². The fourth-order valence-electron chi connectivity index (χ4n) is 1.37. The lowest BCUT2D eigenvalue weighted by Gasteiger charge is -2.09. The Bertz CT molecular complexity index is 514. The van der Waals surface area contributed by atoms with Crippen molar-refractivity contribution >= 4 is 44.6 Å². The predicted octanol–water partition coefficient (Wildman–Crippen LogP) is 4.43. The molecule has 0 radical (unpaired) electrons. The van der Waals surface area contributed by atoms with Crippen molar-refractivity contribution in [2.75, 3.05) is 11.1 Å². The summed E-state index contributed by atoms with van der Waals surface area (Å²) >= 11 is 9.24. The third-order valence-electron chi connectivity index (χ3n) is 2.12. The lowest BCUT2D eigenvalue weighted by Crippen LogP contribution is -1.95. The van der Waals surface area contributed by atoms with E-state index in [9.17, 15) is 0 Å². The number of hydrogen-bond acceptors (Lipinski definition) is 2. The van der Waals surface area contributed by atoms with Gasteiger partial charge in [-0.2, -0.15) is 0 Å². The highest BCUT2D eigenvalue weighted by Crippen LogP contribution is 2.27. The van der Waals surface area contributed by atoms with Gasteiger partial charge in [0.1, 0.15) is 0 Å². The zero-order valence-corrected chi connectivity index (χ0v) is 10.7. The molecule has 3 N–H and O–H groups in total. The summed E-state index contributed by atoms with van der Waals surface area (Å²) in [4.78, 5) is 0. The fourth-order valence-corrected chi connectivity index (χ4v) is 1.95. The molecular formula is C12H10BrClN2. The van der Waals surface area contributed by atoms with E-state index in [-0.39, 0.29) is 0 Å². The lowest BCUT2D eigenvalue weighted by molar-refractivity contribution is 1.53. The first-order valence-electron chi connectivity index (χ1n) is 4.73. The molecule has 0 saturated heterocycles. The third kappa shape index (κ3) is 2.68. The second-order valence-electron chi connectivity index (χ2n) is 3.37. The average molecular weight is 298 g/mol. The van der Waals surface area contributed by atoms with Gasteiger partial charge in [-0.1, -0.05) is 33.6 Å². The first-order chi connectivity index (χ1) is 7.65. The minimum absolute atomic E-state index is 0.632. The highest BCUT2D eigenvalue weighted by Gasteiger charge is 2.00. The Morgan fingerprint density at radius 3 is 2.62 bits per heavy atom. The Kier molecular flexibility index (Phi) is 3.36. The van der Waals surface area contributed by atoms with Crippen molar-refractivity contribution in [1.82, 2.24) is 0 Å². The van der Waals surface area contributed by atoms with Crippen LogP contribution in [0, 0.1) is 0 Å². The van der Waals surface area contributed by atoms with Gasteiger partial charge < -0.3 is 11.1 Å². The number of nitrogen functional groups attached to an aromatic ring is 1. The summed E-state index contributed by atoms with van der Waals surface area (Å²) in [5, 5.41) is 3.86. The summed E-state index contributed by atoms with van der Waals surface area (Å²) in [5.74, 6) is 0. The number of rotatable bonds is 2. The van der Waals surface area contributed by atoms with Gasteiger partial charge in [0.2, 0.25) is 0 Å². The van der Waals surface area contributed by atoms with Crippen LogP contribution in [0.1, 0.15) is 0 Å². The quantitative estimate of drug-likeness (QED) is 0.805. The first kappa shape index (κ1) is 11.3. The molecule has 0 aliphatic carbocycles. The van der Waals surface area contributed by atoms with Gasteiger partial charge in [-0.3, -0.25) is 0 Å². The molecule has 0 aliphatic heterocycles. The molecule has 0 amide bonds. The molecule has 0 atom stereocenters. The van der Waals surface area contributed by atoms with E-state index < -0.39 is 0 Å². The topological polar surface area (TPSA) is 38.0 Å². The van der Waals surface area contributed by atoms with Crippen LogP contribution < -0.4 is 11.1 Å². The van der Waals surface area contributed by atoms with Crippen molar-refractivity contribution in [3.63, 3.8) is 0 Å². The first-order valence-corrected chi connectivity index (χ1v) is 5.90. The molecule has 2 nitrogen and oxygen atoms in total. The molecule has 0 aromatic heterocycles. The number of nitrogens with two attached hydrogens (primary N) is 1. The number of hydrogen-bond donors (Lipinski definition) is 2. The number of anilines is 3. The van der Waals surface area contributed by atoms with E-state index in [2.05, 4.69) is 21.2 Å². The maximum Gasteiger partial charge on any atom is 0.0618 e. The Morgan fingerprint density at radius 2 is 1.94 bits per heavy atom. The maximum absolute atomic E-state index is 5.85. The van der Waals surface area contributed by atoms with Crippen LogP contribution in [0.3, 0.4) is 0 Å². The second kappa shape index (κ2) is 4.76. The maximum atomic E-state index is 5.85. The van der Waals surface area contributed by atoms with Crippen molar-refractivity contribution in [2.24, 2.45) is 0 Å². The summed E-state index contributed by atoms with van der Waals surface area (Å²) in [6, 6.07) is 13.3. The Morgan fingerprint density at radius 1 is 1.12 bits per heavy atom. The van der Waals surface area contributed by atoms with Crippen LogP contribution in [0.4, 0.5) is 17.1 Å². The van der Waals surface area contributed by atoms with Gasteiger partial charge in [-0.25, -0.2) is 0 Å². The normalized spacial score (nSPS) is 10.1. The van der Waals surface area contributed by atoms with Gasteiger partial charge >= 0.3 is 0 Å². The molecule has 0 bridgehead atoms. The number of nitrogens with one attached hydrogen (secondary N) is 1. The molecule has 0 fully saturated rings. The molecular weight excluding hydrogens is 288 g/mol. The number of halogens is 2. The third-order valence-corrected chi connectivity index (χ3v) is 2.85. The van der Waals surface area contributed by atoms with Crippen molar-refractivity contribution in [1.29, 1.82) is 0 Å². The fraction of sp³-hybridized carbons (Fsp3) is 0. The molecule has 16 heavy (non-hydrogen) atoms. The van der Waals surface area contributed by atoms with E-state index in [1.807, 2.05) is 30.3 Å². The van der Waals surface area contributed by atoms with Crippen LogP contribution in [-0.4, -0.2) is 0 Å². The lowest BCUT2D eigenvalue weighted by atomic mass is 10.2. The van der Waals surface area contributed by atoms with Crippen LogP contribution >= 0.6 is 27.5 Å². The van der Waals surface area contributed by atoms with Crippen molar-refractivity contribution < 1.29 is 0 Å². The van der Waals surface area contributed by atoms with E-state index in [1.165, 1.54) is 0 Å². The summed E-state index contributed by atoms with van der Waals surface area (Å²) in [6.45, 7) is 0. The van der Waals surface area contributed by atoms with Gasteiger partial charge in [0, 0.05) is 15.2 Å². The van der Waals surface area contributed by atoms with Crippen LogP contribution in [-0.2, 0) is 0 Å². The minimum atomic E-state index is 0.632. The molecule has 2 aromatic rings. The van der Waals surface area contributed by atoms with E-state index >= 15 is 0 Å². The molecule has 4 heteroatoms. The van der Waals surface area contributed by atoms with E-state index in [0.717, 1.165) is 15.8 Å². The van der Waals surface area contributed by atoms with E-state index in [0.29, 0.717) is 10.7 Å². The highest BCUT2D eigenvalue weighted by molar-refractivity contribution is 9.10.